The number of rotatable bonds is 27. The highest BCUT2D eigenvalue weighted by Gasteiger charge is 2.34. The molecule has 0 saturated heterocycles. The molecule has 2 atom stereocenters. The van der Waals surface area contributed by atoms with Gasteiger partial charge in [0.25, 0.3) is 0 Å². The van der Waals surface area contributed by atoms with Gasteiger partial charge in [-0.3, -0.25) is 0 Å². The fraction of sp³-hybridized carbons (Fsp3) is 0.854. The largest absolute Gasteiger partial charge is 0.235 e. The van der Waals surface area contributed by atoms with E-state index in [0.29, 0.717) is 0 Å². The van der Waals surface area contributed by atoms with E-state index in [1.165, 1.54) is 102 Å². The minimum atomic E-state index is -1.74. The van der Waals surface area contributed by atoms with Crippen molar-refractivity contribution >= 4 is 41.8 Å². The van der Waals surface area contributed by atoms with Crippen LogP contribution in [0.15, 0.2) is 30.3 Å². The van der Waals surface area contributed by atoms with E-state index >= 15 is 0 Å². The predicted octanol–water partition coefficient (Wildman–Crippen LogP) is 15.8. The summed E-state index contributed by atoms with van der Waals surface area (Å²) in [6.07, 6.45) is 38.7. The van der Waals surface area contributed by atoms with Crippen LogP contribution >= 0.6 is 41.8 Å². The SMILES string of the molecule is CC.CC.CC.CCCCCCCCCCCCCCCCCS(C)(OS(C)(C)C)OS(CCC)(CCc1ccccc1)OS(C)(C)C. The molecule has 0 aliphatic carbocycles. The highest BCUT2D eigenvalue weighted by atomic mass is 32.4. The summed E-state index contributed by atoms with van der Waals surface area (Å²) in [6, 6.07) is 10.8. The van der Waals surface area contributed by atoms with Crippen LogP contribution in [-0.4, -0.2) is 61.0 Å². The van der Waals surface area contributed by atoms with E-state index in [9.17, 15) is 0 Å². The van der Waals surface area contributed by atoms with Crippen LogP contribution < -0.4 is 0 Å². The molecule has 7 heteroatoms. The fourth-order valence-corrected chi connectivity index (χ4v) is 18.2. The van der Waals surface area contributed by atoms with Gasteiger partial charge in [-0.25, -0.2) is 7.26 Å². The Labute approximate surface area is 312 Å². The molecule has 1 aromatic rings. The normalized spacial score (nSPS) is 15.9. The average Bonchev–Trinajstić information content (AvgIpc) is 3.04. The van der Waals surface area contributed by atoms with Gasteiger partial charge in [0.05, 0.1) is 0 Å². The molecule has 1 rings (SSSR count). The third kappa shape index (κ3) is 32.4. The molecule has 0 aromatic heterocycles. The maximum atomic E-state index is 7.32. The molecule has 0 spiro atoms. The van der Waals surface area contributed by atoms with Crippen LogP contribution in [0.25, 0.3) is 0 Å². The van der Waals surface area contributed by atoms with Gasteiger partial charge in [0.15, 0.2) is 0 Å². The van der Waals surface area contributed by atoms with E-state index in [0.717, 1.165) is 30.1 Å². The Balaban J connectivity index is -0.00000318. The molecular formula is C41H90O3S4. The molecule has 0 bridgehead atoms. The van der Waals surface area contributed by atoms with E-state index in [4.69, 9.17) is 10.9 Å². The molecule has 48 heavy (non-hydrogen) atoms. The Bertz CT molecular complexity index is 782. The smallest absolute Gasteiger partial charge is 0.0450 e. The summed E-state index contributed by atoms with van der Waals surface area (Å²) in [5.74, 6) is 2.94. The topological polar surface area (TPSA) is 27.7 Å². The maximum absolute atomic E-state index is 7.32. The van der Waals surface area contributed by atoms with Crippen molar-refractivity contribution in [2.24, 2.45) is 0 Å². The van der Waals surface area contributed by atoms with Gasteiger partial charge in [0.1, 0.15) is 0 Å². The number of unbranched alkanes of at least 4 members (excludes halogenated alkanes) is 14. The van der Waals surface area contributed by atoms with Crippen LogP contribution in [0, 0.1) is 0 Å². The third-order valence-corrected chi connectivity index (χ3v) is 17.6. The van der Waals surface area contributed by atoms with Gasteiger partial charge in [0.2, 0.25) is 0 Å². The zero-order valence-corrected chi connectivity index (χ0v) is 38.7. The lowest BCUT2D eigenvalue weighted by Crippen LogP contribution is -2.23. The van der Waals surface area contributed by atoms with Crippen LogP contribution in [0.4, 0.5) is 0 Å². The molecule has 3 nitrogen and oxygen atoms in total. The summed E-state index contributed by atoms with van der Waals surface area (Å²) in [7, 11) is -5.82. The van der Waals surface area contributed by atoms with E-state index in [-0.39, 0.29) is 0 Å². The van der Waals surface area contributed by atoms with Gasteiger partial charge in [0, 0.05) is 23.5 Å². The number of benzene rings is 1. The summed E-state index contributed by atoms with van der Waals surface area (Å²) in [5.41, 5.74) is 1.36. The second-order valence-electron chi connectivity index (χ2n) is 13.6. The van der Waals surface area contributed by atoms with Crippen molar-refractivity contribution in [2.75, 3.05) is 61.0 Å². The van der Waals surface area contributed by atoms with Crippen LogP contribution in [0.1, 0.15) is 164 Å². The van der Waals surface area contributed by atoms with E-state index < -0.39 is 41.8 Å². The highest BCUT2D eigenvalue weighted by Crippen LogP contribution is 2.72. The van der Waals surface area contributed by atoms with Gasteiger partial charge in [-0.05, 0) is 62.4 Å². The van der Waals surface area contributed by atoms with Gasteiger partial charge in [-0.1, -0.05) is 176 Å². The lowest BCUT2D eigenvalue weighted by atomic mass is 10.0. The first-order chi connectivity index (χ1) is 22.8. The first-order valence-corrected chi connectivity index (χ1v) is 29.3. The van der Waals surface area contributed by atoms with Crippen LogP contribution in [0.2, 0.25) is 0 Å². The van der Waals surface area contributed by atoms with Crippen molar-refractivity contribution in [3.8, 4) is 0 Å². The minimum Gasteiger partial charge on any atom is -0.235 e. The zero-order chi connectivity index (χ0) is 37.4. The third-order valence-electron chi connectivity index (χ3n) is 7.12. The molecule has 2 unspecified atom stereocenters. The van der Waals surface area contributed by atoms with Gasteiger partial charge in [-0.15, -0.1) is 20.6 Å². The molecule has 0 saturated carbocycles. The Morgan fingerprint density at radius 1 is 0.417 bits per heavy atom. The van der Waals surface area contributed by atoms with Crippen LogP contribution in [-0.2, 0) is 17.3 Å². The van der Waals surface area contributed by atoms with E-state index in [1.54, 1.807) is 0 Å². The zero-order valence-electron chi connectivity index (χ0n) is 35.4. The van der Waals surface area contributed by atoms with Crippen molar-refractivity contribution < 1.29 is 10.9 Å². The average molecular weight is 759 g/mol. The van der Waals surface area contributed by atoms with Crippen molar-refractivity contribution in [1.82, 2.24) is 0 Å². The van der Waals surface area contributed by atoms with E-state index in [2.05, 4.69) is 88.0 Å². The van der Waals surface area contributed by atoms with Crippen molar-refractivity contribution in [1.29, 1.82) is 0 Å². The van der Waals surface area contributed by atoms with Gasteiger partial charge < -0.3 is 0 Å². The Kier molecular flexibility index (Phi) is 36.7. The lowest BCUT2D eigenvalue weighted by molar-refractivity contribution is 0.504. The van der Waals surface area contributed by atoms with Gasteiger partial charge in [-0.2, -0.15) is 24.8 Å². The van der Waals surface area contributed by atoms with Crippen LogP contribution in [0.3, 0.4) is 0 Å². The molecule has 1 aromatic carbocycles. The second kappa shape index (κ2) is 33.3. The molecule has 296 valence electrons. The Hall–Kier alpha value is 0.500. The number of hydrogen-bond donors (Lipinski definition) is 0. The lowest BCUT2D eigenvalue weighted by Gasteiger charge is -2.56. The summed E-state index contributed by atoms with van der Waals surface area (Å²) in [6.45, 7) is 16.6. The van der Waals surface area contributed by atoms with Gasteiger partial charge >= 0.3 is 0 Å². The standard InChI is InChI=1S/C35H72O3S4.3C2H6/c1-10-12-13-14-15-16-17-18-19-20-21-22-23-24-28-33-41(9,36-39(3,4)5)38-42(32-11-2,37-40(6,7)8)34-31-35-29-26-25-27-30-35;3*1-2/h25-27,29-30H,10-24,28,31-34H2,1-9H3;3*1-2H3. The molecule has 0 N–H and O–H groups in total. The Morgan fingerprint density at radius 3 is 1.19 bits per heavy atom. The molecule has 0 aliphatic heterocycles. The quantitative estimate of drug-likeness (QED) is 0.0836. The Morgan fingerprint density at radius 2 is 0.812 bits per heavy atom. The van der Waals surface area contributed by atoms with Crippen molar-refractivity contribution in [3.63, 3.8) is 0 Å². The minimum absolute atomic E-state index is 0.944. The molecule has 0 fully saturated rings. The molecule has 0 amide bonds. The van der Waals surface area contributed by atoms with E-state index in [1.807, 2.05) is 41.5 Å². The predicted molar refractivity (Wildman–Crippen MR) is 239 cm³/mol. The molecule has 0 heterocycles. The summed E-state index contributed by atoms with van der Waals surface area (Å²) in [4.78, 5) is 0. The first kappa shape index (κ1) is 52.9. The van der Waals surface area contributed by atoms with Crippen LogP contribution in [0.5, 0.6) is 0 Å². The van der Waals surface area contributed by atoms with Crippen molar-refractivity contribution in [2.45, 2.75) is 165 Å². The second-order valence-corrected chi connectivity index (χ2v) is 26.7. The van der Waals surface area contributed by atoms with Crippen molar-refractivity contribution in [3.05, 3.63) is 35.9 Å². The summed E-state index contributed by atoms with van der Waals surface area (Å²) in [5, 5.41) is 0. The molecule has 0 radical (unpaired) electrons. The number of hydrogen-bond acceptors (Lipinski definition) is 3. The molecular weight excluding hydrogens is 669 g/mol. The summed E-state index contributed by atoms with van der Waals surface area (Å²) < 4.78 is 21.3. The molecule has 0 aliphatic rings. The highest BCUT2D eigenvalue weighted by molar-refractivity contribution is 8.46. The summed E-state index contributed by atoms with van der Waals surface area (Å²) >= 11 is 0. The fourth-order valence-electron chi connectivity index (χ4n) is 5.36. The monoisotopic (exact) mass is 759 g/mol. The maximum Gasteiger partial charge on any atom is 0.0450 e. The number of aryl methyl sites for hydroxylation is 1. The first-order valence-electron chi connectivity index (χ1n) is 19.9.